The van der Waals surface area contributed by atoms with Crippen LogP contribution in [0.4, 0.5) is 0 Å². The van der Waals surface area contributed by atoms with Gasteiger partial charge in [0, 0.05) is 0 Å². The third-order valence-electron chi connectivity index (χ3n) is 2.38. The van der Waals surface area contributed by atoms with Gasteiger partial charge in [-0.25, -0.2) is 0 Å². The van der Waals surface area contributed by atoms with Gasteiger partial charge in [-0.05, 0) is 18.3 Å². The van der Waals surface area contributed by atoms with Crippen LogP contribution in [0.1, 0.15) is 73.6 Å². The first kappa shape index (κ1) is 15.5. The van der Waals surface area contributed by atoms with E-state index in [0.717, 1.165) is 11.8 Å². The van der Waals surface area contributed by atoms with E-state index >= 15 is 0 Å². The molecular formula is C13H30. The van der Waals surface area contributed by atoms with E-state index in [0.29, 0.717) is 0 Å². The second-order valence-corrected chi connectivity index (χ2v) is 3.90. The van der Waals surface area contributed by atoms with Gasteiger partial charge < -0.3 is 0 Å². The van der Waals surface area contributed by atoms with Crippen LogP contribution in [-0.4, -0.2) is 0 Å². The minimum Gasteiger partial charge on any atom is -0.0683 e. The molecule has 0 N–H and O–H groups in total. The molecule has 0 radical (unpaired) electrons. The molecule has 1 fully saturated rings. The van der Waals surface area contributed by atoms with Gasteiger partial charge in [0.1, 0.15) is 0 Å². The zero-order valence-corrected chi connectivity index (χ0v) is 10.7. The van der Waals surface area contributed by atoms with Crippen molar-refractivity contribution in [3.8, 4) is 0 Å². The summed E-state index contributed by atoms with van der Waals surface area (Å²) in [6.45, 7) is 12.9. The topological polar surface area (TPSA) is 0 Å². The summed E-state index contributed by atoms with van der Waals surface area (Å²) < 4.78 is 0. The van der Waals surface area contributed by atoms with Crippen LogP contribution in [-0.2, 0) is 0 Å². The maximum atomic E-state index is 2.37. The summed E-state index contributed by atoms with van der Waals surface area (Å²) in [7, 11) is 0. The van der Waals surface area contributed by atoms with Crippen LogP contribution in [0.3, 0.4) is 0 Å². The highest BCUT2D eigenvalue weighted by Gasteiger charge is 2.18. The summed E-state index contributed by atoms with van der Waals surface area (Å²) in [5.41, 5.74) is 0. The maximum absolute atomic E-state index is 2.37. The summed E-state index contributed by atoms with van der Waals surface area (Å²) in [4.78, 5) is 0. The second kappa shape index (κ2) is 12.0. The number of hydrogen-bond acceptors (Lipinski definition) is 0. The first-order valence-electron chi connectivity index (χ1n) is 6.24. The Morgan fingerprint density at radius 1 is 1.00 bits per heavy atom. The third kappa shape index (κ3) is 9.92. The van der Waals surface area contributed by atoms with E-state index in [1.165, 1.54) is 32.1 Å². The van der Waals surface area contributed by atoms with Gasteiger partial charge in [0.05, 0.1) is 0 Å². The smallest absolute Gasteiger partial charge is 0.0414 e. The molecule has 82 valence electrons. The van der Waals surface area contributed by atoms with Gasteiger partial charge >= 0.3 is 0 Å². The van der Waals surface area contributed by atoms with Crippen LogP contribution in [0.25, 0.3) is 0 Å². The van der Waals surface area contributed by atoms with Crippen LogP contribution >= 0.6 is 0 Å². The molecule has 0 aliphatic heterocycles. The number of hydrogen-bond donors (Lipinski definition) is 0. The van der Waals surface area contributed by atoms with Crippen molar-refractivity contribution in [2.24, 2.45) is 11.8 Å². The molecular weight excluding hydrogens is 156 g/mol. The third-order valence-corrected chi connectivity index (χ3v) is 2.38. The molecule has 0 aromatic carbocycles. The lowest BCUT2D eigenvalue weighted by Crippen LogP contribution is -1.89. The monoisotopic (exact) mass is 186 g/mol. The molecule has 2 unspecified atom stereocenters. The zero-order chi connectivity index (χ0) is 10.7. The molecule has 0 bridgehead atoms. The van der Waals surface area contributed by atoms with E-state index in [4.69, 9.17) is 0 Å². The normalized spacial score (nSPS) is 25.4. The number of rotatable bonds is 1. The average molecular weight is 186 g/mol. The van der Waals surface area contributed by atoms with Crippen molar-refractivity contribution in [3.63, 3.8) is 0 Å². The Morgan fingerprint density at radius 2 is 1.46 bits per heavy atom. The maximum Gasteiger partial charge on any atom is -0.0414 e. The molecule has 0 amide bonds. The molecule has 1 aliphatic rings. The summed E-state index contributed by atoms with van der Waals surface area (Å²) in [5, 5.41) is 0. The van der Waals surface area contributed by atoms with Gasteiger partial charge in [0.2, 0.25) is 0 Å². The summed E-state index contributed by atoms with van der Waals surface area (Å²) in [6, 6.07) is 0. The molecule has 0 spiro atoms. The highest BCUT2D eigenvalue weighted by atomic mass is 14.2. The molecule has 0 saturated heterocycles. The summed E-state index contributed by atoms with van der Waals surface area (Å²) in [6.07, 6.45) is 7.14. The molecule has 0 aromatic rings. The van der Waals surface area contributed by atoms with Crippen molar-refractivity contribution in [1.82, 2.24) is 0 Å². The van der Waals surface area contributed by atoms with Gasteiger partial charge in [0.15, 0.2) is 0 Å². The van der Waals surface area contributed by atoms with E-state index in [9.17, 15) is 0 Å². The molecule has 0 aromatic heterocycles. The summed E-state index contributed by atoms with van der Waals surface area (Å²) in [5.74, 6) is 2.10. The fourth-order valence-corrected chi connectivity index (χ4v) is 1.70. The highest BCUT2D eigenvalue weighted by molar-refractivity contribution is 4.70. The summed E-state index contributed by atoms with van der Waals surface area (Å²) >= 11 is 0. The molecule has 1 rings (SSSR count). The van der Waals surface area contributed by atoms with E-state index < -0.39 is 0 Å². The zero-order valence-electron chi connectivity index (χ0n) is 10.7. The van der Waals surface area contributed by atoms with Crippen LogP contribution in [0.15, 0.2) is 0 Å². The Hall–Kier alpha value is 0. The molecule has 2 atom stereocenters. The van der Waals surface area contributed by atoms with E-state index in [-0.39, 0.29) is 0 Å². The lowest BCUT2D eigenvalue weighted by atomic mass is 10.0. The predicted molar refractivity (Wildman–Crippen MR) is 64.1 cm³/mol. The van der Waals surface area contributed by atoms with Gasteiger partial charge in [-0.1, -0.05) is 67.2 Å². The van der Waals surface area contributed by atoms with Crippen LogP contribution < -0.4 is 0 Å². The van der Waals surface area contributed by atoms with Gasteiger partial charge in [-0.2, -0.15) is 0 Å². The Bertz CT molecular complexity index is 76.1. The Balaban J connectivity index is 0. The van der Waals surface area contributed by atoms with Crippen molar-refractivity contribution in [2.75, 3.05) is 0 Å². The molecule has 0 heteroatoms. The fourth-order valence-electron chi connectivity index (χ4n) is 1.70. The van der Waals surface area contributed by atoms with Crippen molar-refractivity contribution in [1.29, 1.82) is 0 Å². The average Bonchev–Trinajstić information content (AvgIpc) is 2.56. The molecule has 13 heavy (non-hydrogen) atoms. The minimum atomic E-state index is 1.03. The fraction of sp³-hybridized carbons (Fsp3) is 1.00. The SMILES string of the molecule is CC.CCC.CCC1CCC(C)C1. The largest absolute Gasteiger partial charge is 0.0683 e. The second-order valence-electron chi connectivity index (χ2n) is 3.90. The van der Waals surface area contributed by atoms with E-state index in [1.807, 2.05) is 13.8 Å². The van der Waals surface area contributed by atoms with Crippen LogP contribution in [0, 0.1) is 11.8 Å². The highest BCUT2D eigenvalue weighted by Crippen LogP contribution is 2.31. The van der Waals surface area contributed by atoms with Crippen molar-refractivity contribution < 1.29 is 0 Å². The van der Waals surface area contributed by atoms with Crippen molar-refractivity contribution >= 4 is 0 Å². The first-order valence-corrected chi connectivity index (χ1v) is 6.24. The Kier molecular flexibility index (Phi) is 14.3. The van der Waals surface area contributed by atoms with Crippen molar-refractivity contribution in [3.05, 3.63) is 0 Å². The lowest BCUT2D eigenvalue weighted by Gasteiger charge is -2.02. The molecule has 1 saturated carbocycles. The minimum absolute atomic E-state index is 1.03. The predicted octanol–water partition coefficient (Wildman–Crippen LogP) is 5.28. The molecule has 0 heterocycles. The van der Waals surface area contributed by atoms with Gasteiger partial charge in [0.25, 0.3) is 0 Å². The van der Waals surface area contributed by atoms with E-state index in [1.54, 1.807) is 0 Å². The lowest BCUT2D eigenvalue weighted by molar-refractivity contribution is 0.501. The first-order chi connectivity index (χ1) is 6.24. The molecule has 1 aliphatic carbocycles. The molecule has 0 nitrogen and oxygen atoms in total. The Labute approximate surface area is 86.1 Å². The van der Waals surface area contributed by atoms with Crippen molar-refractivity contribution in [2.45, 2.75) is 73.6 Å². The quantitative estimate of drug-likeness (QED) is 0.523. The van der Waals surface area contributed by atoms with Crippen LogP contribution in [0.2, 0.25) is 0 Å². The van der Waals surface area contributed by atoms with Gasteiger partial charge in [-0.15, -0.1) is 0 Å². The van der Waals surface area contributed by atoms with Crippen LogP contribution in [0.5, 0.6) is 0 Å². The van der Waals surface area contributed by atoms with E-state index in [2.05, 4.69) is 27.7 Å². The Morgan fingerprint density at radius 3 is 1.62 bits per heavy atom. The van der Waals surface area contributed by atoms with Gasteiger partial charge in [-0.3, -0.25) is 0 Å². The standard InChI is InChI=1S/C8H16.C3H8.C2H6/c1-3-8-5-4-7(2)6-8;1-3-2;1-2/h7-8H,3-6H2,1-2H3;3H2,1-2H3;1-2H3.